The molecule has 0 fully saturated rings. The van der Waals surface area contributed by atoms with Crippen molar-refractivity contribution in [3.05, 3.63) is 131 Å². The fourth-order valence-corrected chi connectivity index (χ4v) is 5.72. The molecule has 6 rings (SSSR count). The van der Waals surface area contributed by atoms with Crippen molar-refractivity contribution >= 4 is 27.0 Å². The number of fused-ring (bicyclic) bond motifs is 2. The Hall–Kier alpha value is -2.22. The van der Waals surface area contributed by atoms with E-state index in [9.17, 15) is 0 Å². The summed E-state index contributed by atoms with van der Waals surface area (Å²) in [5.74, 6) is 0.584. The predicted molar refractivity (Wildman–Crippen MR) is 194 cm³/mol. The van der Waals surface area contributed by atoms with Crippen LogP contribution in [0.2, 0.25) is 13.1 Å². The summed E-state index contributed by atoms with van der Waals surface area (Å²) in [5.41, 5.74) is 12.7. The number of halogens is 2. The Bertz CT molecular complexity index is 1860. The van der Waals surface area contributed by atoms with Crippen LogP contribution in [-0.4, -0.2) is 5.43 Å². The van der Waals surface area contributed by atoms with E-state index in [2.05, 4.69) is 172 Å². The van der Waals surface area contributed by atoms with Crippen molar-refractivity contribution in [3.63, 3.8) is 0 Å². The first-order valence-electron chi connectivity index (χ1n) is 15.8. The van der Waals surface area contributed by atoms with Gasteiger partial charge in [-0.2, -0.15) is 12.1 Å². The van der Waals surface area contributed by atoms with Gasteiger partial charge in [-0.3, -0.25) is 0 Å². The van der Waals surface area contributed by atoms with Crippen molar-refractivity contribution in [2.24, 2.45) is 0 Å². The minimum atomic E-state index is 0. The van der Waals surface area contributed by atoms with Crippen LogP contribution in [0.1, 0.15) is 68.4 Å². The van der Waals surface area contributed by atoms with E-state index in [0.29, 0.717) is 5.92 Å². The third-order valence-electron chi connectivity index (χ3n) is 8.24. The standard InChI is InChI=1S/C22H25.C18H17.C2H6Si.2ClH.Zr/c1-14-11-18-13-15(2)16(3)21(20(18)12-14)17-7-9-19(10-8-17)22(4,5)6;1-13(2)16-11-15-9-6-10-17(18(15)12-16)14-7-4-3-5-8-14;1-3-2;;;/h7-13H,1-6H3;3-13H,1-2H3;1-2H3;2*1H;/q2*-1;;;;+2/p-2. The Morgan fingerprint density at radius 1 is 0.674 bits per heavy atom. The average Bonchev–Trinajstić information content (AvgIpc) is 3.57. The van der Waals surface area contributed by atoms with E-state index in [1.165, 1.54) is 71.6 Å². The Morgan fingerprint density at radius 2 is 1.28 bits per heavy atom. The van der Waals surface area contributed by atoms with Crippen LogP contribution in [0.5, 0.6) is 0 Å². The molecule has 46 heavy (non-hydrogen) atoms. The SMILES string of the molecule is CC(C)c1cc2c(-c3ccccc3)cccc2[cH-]1.C[Si](C)=[Zr+2].Cc1cc2c(-c3ccc(C(C)(C)C)cc3)c(C)c(C)cc2[cH-]1.[Cl-].[Cl-]. The van der Waals surface area contributed by atoms with E-state index in [4.69, 9.17) is 0 Å². The molecule has 4 heteroatoms. The zero-order valence-corrected chi connectivity index (χ0v) is 34.1. The Morgan fingerprint density at radius 3 is 1.85 bits per heavy atom. The second kappa shape index (κ2) is 17.3. The van der Waals surface area contributed by atoms with E-state index in [1.54, 1.807) is 23.3 Å². The molecule has 0 spiro atoms. The molecule has 0 unspecified atom stereocenters. The van der Waals surface area contributed by atoms with Crippen molar-refractivity contribution in [2.45, 2.75) is 79.8 Å². The van der Waals surface area contributed by atoms with Crippen LogP contribution in [-0.2, 0) is 28.8 Å². The summed E-state index contributed by atoms with van der Waals surface area (Å²) in [5, 5.41) is 5.45. The second-order valence-corrected chi connectivity index (χ2v) is 23.0. The summed E-state index contributed by atoms with van der Waals surface area (Å²) in [7, 11) is 0. The molecule has 240 valence electrons. The summed E-state index contributed by atoms with van der Waals surface area (Å²) in [6, 6.07) is 37.8. The third-order valence-corrected chi connectivity index (χ3v) is 8.24. The number of hydrogen-bond donors (Lipinski definition) is 0. The largest absolute Gasteiger partial charge is 1.00 e. The first-order valence-corrected chi connectivity index (χ1v) is 22.0. The molecule has 6 aromatic rings. The van der Waals surface area contributed by atoms with Crippen LogP contribution in [0.15, 0.2) is 103 Å². The monoisotopic (exact) mass is 740 g/mol. The zero-order chi connectivity index (χ0) is 32.2. The van der Waals surface area contributed by atoms with Crippen LogP contribution in [0.3, 0.4) is 0 Å². The van der Waals surface area contributed by atoms with Gasteiger partial charge >= 0.3 is 41.9 Å². The molecule has 6 aromatic carbocycles. The van der Waals surface area contributed by atoms with Crippen molar-refractivity contribution in [3.8, 4) is 22.3 Å². The number of rotatable bonds is 3. The van der Waals surface area contributed by atoms with Crippen molar-refractivity contribution in [1.29, 1.82) is 0 Å². The zero-order valence-electron chi connectivity index (χ0n) is 29.1. The molecule has 0 saturated heterocycles. The Kier molecular flexibility index (Phi) is 15.0. The maximum atomic E-state index is 2.34. The molecule has 0 nitrogen and oxygen atoms in total. The fourth-order valence-electron chi connectivity index (χ4n) is 5.72. The van der Waals surface area contributed by atoms with E-state index in [0.717, 1.165) is 0 Å². The normalized spacial score (nSPS) is 10.8. The van der Waals surface area contributed by atoms with Gasteiger partial charge in [-0.05, 0) is 41.9 Å². The molecule has 0 aromatic heterocycles. The number of aryl methyl sites for hydroxylation is 2. The molecule has 0 amide bonds. The van der Waals surface area contributed by atoms with Crippen LogP contribution < -0.4 is 24.8 Å². The minimum Gasteiger partial charge on any atom is -1.00 e. The molecule has 0 radical (unpaired) electrons. The number of hydrogen-bond acceptors (Lipinski definition) is 0. The Balaban J connectivity index is 0.000000280. The summed E-state index contributed by atoms with van der Waals surface area (Å²) < 4.78 is 0. The summed E-state index contributed by atoms with van der Waals surface area (Å²) in [6.07, 6.45) is 0. The first kappa shape index (κ1) is 40.0. The average molecular weight is 743 g/mol. The molecular formula is C42H48Cl2SiZr-2. The van der Waals surface area contributed by atoms with Gasteiger partial charge in [0.2, 0.25) is 0 Å². The predicted octanol–water partition coefficient (Wildman–Crippen LogP) is 6.59. The van der Waals surface area contributed by atoms with Crippen molar-refractivity contribution in [2.75, 3.05) is 0 Å². The van der Waals surface area contributed by atoms with E-state index in [1.807, 2.05) is 0 Å². The van der Waals surface area contributed by atoms with Gasteiger partial charge in [0.1, 0.15) is 0 Å². The summed E-state index contributed by atoms with van der Waals surface area (Å²) in [4.78, 5) is 0. The molecular weight excluding hydrogens is 695 g/mol. The molecule has 0 N–H and O–H groups in total. The smallest absolute Gasteiger partial charge is 0.0132 e. The molecule has 0 bridgehead atoms. The van der Waals surface area contributed by atoms with E-state index >= 15 is 0 Å². The van der Waals surface area contributed by atoms with Gasteiger partial charge in [-0.15, -0.1) is 63.0 Å². The molecule has 0 aliphatic carbocycles. The summed E-state index contributed by atoms with van der Waals surface area (Å²) in [6.45, 7) is 22.5. The maximum absolute atomic E-state index is 2.34. The second-order valence-electron chi connectivity index (χ2n) is 13.7. The quantitative estimate of drug-likeness (QED) is 0.142. The van der Waals surface area contributed by atoms with Gasteiger partial charge in [0, 0.05) is 0 Å². The van der Waals surface area contributed by atoms with Gasteiger partial charge in [0.25, 0.3) is 0 Å². The van der Waals surface area contributed by atoms with Crippen LogP contribution >= 0.6 is 0 Å². The van der Waals surface area contributed by atoms with Crippen LogP contribution in [0, 0.1) is 20.8 Å². The summed E-state index contributed by atoms with van der Waals surface area (Å²) >= 11 is 1.74. The van der Waals surface area contributed by atoms with Crippen LogP contribution in [0.25, 0.3) is 43.8 Å². The van der Waals surface area contributed by atoms with Crippen molar-refractivity contribution < 1.29 is 48.1 Å². The fraction of sp³-hybridized carbons (Fsp3) is 0.286. The van der Waals surface area contributed by atoms with Gasteiger partial charge in [0.15, 0.2) is 0 Å². The van der Waals surface area contributed by atoms with Gasteiger partial charge < -0.3 is 24.8 Å². The molecule has 0 atom stereocenters. The van der Waals surface area contributed by atoms with Crippen LogP contribution in [0.4, 0.5) is 0 Å². The van der Waals surface area contributed by atoms with Gasteiger partial charge in [-0.1, -0.05) is 124 Å². The van der Waals surface area contributed by atoms with E-state index < -0.39 is 0 Å². The molecule has 0 aliphatic rings. The maximum Gasteiger partial charge on any atom is -0.0132 e. The minimum absolute atomic E-state index is 0. The third kappa shape index (κ3) is 9.90. The molecule has 0 saturated carbocycles. The number of benzene rings is 4. The Labute approximate surface area is 306 Å². The van der Waals surface area contributed by atoms with Crippen molar-refractivity contribution in [1.82, 2.24) is 0 Å². The topological polar surface area (TPSA) is 0 Å². The first-order chi connectivity index (χ1) is 20.8. The molecule has 0 heterocycles. The van der Waals surface area contributed by atoms with E-state index in [-0.39, 0.29) is 35.7 Å². The molecule has 0 aliphatic heterocycles. The van der Waals surface area contributed by atoms with Gasteiger partial charge in [0.05, 0.1) is 0 Å². The van der Waals surface area contributed by atoms with Gasteiger partial charge in [-0.25, -0.2) is 0 Å².